The Balaban J connectivity index is 1.19. The maximum Gasteiger partial charge on any atom is 0.407 e. The highest BCUT2D eigenvalue weighted by atomic mass is 16.6. The van der Waals surface area contributed by atoms with E-state index in [-0.39, 0.29) is 29.8 Å². The molecule has 7 rings (SSSR count). The molecule has 2 saturated carbocycles. The highest BCUT2D eigenvalue weighted by Crippen LogP contribution is 2.66. The zero-order valence-corrected chi connectivity index (χ0v) is 16.3. The van der Waals surface area contributed by atoms with Crippen molar-refractivity contribution >= 4 is 6.09 Å². The Morgan fingerprint density at radius 1 is 1.07 bits per heavy atom. The van der Waals surface area contributed by atoms with Gasteiger partial charge in [-0.15, -0.1) is 0 Å². The number of amides is 1. The van der Waals surface area contributed by atoms with E-state index in [1.54, 1.807) is 0 Å². The number of hydrogen-bond donors (Lipinski definition) is 2. The van der Waals surface area contributed by atoms with E-state index in [9.17, 15) is 9.90 Å². The molecule has 2 N–H and O–H groups in total. The second-order valence-electron chi connectivity index (χ2n) is 9.18. The van der Waals surface area contributed by atoms with Gasteiger partial charge in [0.1, 0.15) is 6.61 Å². The first-order valence-electron chi connectivity index (χ1n) is 10.5. The summed E-state index contributed by atoms with van der Waals surface area (Å²) in [6.07, 6.45) is 3.98. The molecule has 3 aliphatic carbocycles. The molecule has 2 aliphatic heterocycles. The van der Waals surface area contributed by atoms with Gasteiger partial charge in [0.15, 0.2) is 0 Å². The third-order valence-corrected chi connectivity index (χ3v) is 7.67. The summed E-state index contributed by atoms with van der Waals surface area (Å²) in [5.74, 6) is 0.0565. The second-order valence-corrected chi connectivity index (χ2v) is 9.18. The van der Waals surface area contributed by atoms with Crippen molar-refractivity contribution in [1.82, 2.24) is 5.32 Å². The van der Waals surface area contributed by atoms with Gasteiger partial charge in [0.25, 0.3) is 0 Å². The average molecular weight is 391 g/mol. The van der Waals surface area contributed by atoms with Gasteiger partial charge in [-0.2, -0.15) is 0 Å². The van der Waals surface area contributed by atoms with Crippen LogP contribution in [0.4, 0.5) is 4.79 Å². The third-order valence-electron chi connectivity index (χ3n) is 7.67. The number of carbonyl (C=O) groups excluding carboxylic acids is 1. The zero-order chi connectivity index (χ0) is 19.7. The molecule has 1 spiro atoms. The van der Waals surface area contributed by atoms with Gasteiger partial charge in [-0.3, -0.25) is 0 Å². The summed E-state index contributed by atoms with van der Waals surface area (Å²) in [6.45, 7) is 0.331. The minimum Gasteiger partial charge on any atom is -0.449 e. The lowest BCUT2D eigenvalue weighted by Crippen LogP contribution is -2.68. The summed E-state index contributed by atoms with van der Waals surface area (Å²) >= 11 is 0. The van der Waals surface area contributed by atoms with E-state index in [0.29, 0.717) is 19.4 Å². The Morgan fingerprint density at radius 2 is 1.69 bits per heavy atom. The molecule has 2 saturated heterocycles. The van der Waals surface area contributed by atoms with Gasteiger partial charge in [-0.1, -0.05) is 48.5 Å². The van der Waals surface area contributed by atoms with Crippen LogP contribution in [0.3, 0.4) is 0 Å². The summed E-state index contributed by atoms with van der Waals surface area (Å²) in [7, 11) is 0. The lowest BCUT2D eigenvalue weighted by atomic mass is 9.56. The number of hydrogen-bond acceptors (Lipinski definition) is 4. The summed E-state index contributed by atoms with van der Waals surface area (Å²) in [5, 5.41) is 12.9. The molecule has 4 fully saturated rings. The highest BCUT2D eigenvalue weighted by Gasteiger charge is 2.76. The number of aliphatic hydroxyl groups excluding tert-OH is 1. The molecule has 0 aromatic heterocycles. The SMILES string of the molecule is O=C(NC12CC(CO)(C1)OC21CCC1)OCC1c2ccccc2-c2ccccc21. The number of rotatable bonds is 4. The normalized spacial score (nSPS) is 30.2. The molecule has 0 radical (unpaired) electrons. The van der Waals surface area contributed by atoms with Crippen molar-refractivity contribution in [3.63, 3.8) is 0 Å². The maximum atomic E-state index is 12.8. The van der Waals surface area contributed by atoms with E-state index in [1.807, 2.05) is 24.3 Å². The minimum atomic E-state index is -0.461. The molecular weight excluding hydrogens is 366 g/mol. The largest absolute Gasteiger partial charge is 0.449 e. The predicted octanol–water partition coefficient (Wildman–Crippen LogP) is 3.74. The minimum absolute atomic E-state index is 0.0167. The quantitative estimate of drug-likeness (QED) is 0.833. The van der Waals surface area contributed by atoms with Gasteiger partial charge in [0.05, 0.1) is 23.3 Å². The molecule has 5 nitrogen and oxygen atoms in total. The van der Waals surface area contributed by atoms with Crippen molar-refractivity contribution in [3.05, 3.63) is 59.7 Å². The van der Waals surface area contributed by atoms with Crippen LogP contribution in [0.5, 0.6) is 0 Å². The fraction of sp³-hybridized carbons (Fsp3) is 0.458. The van der Waals surface area contributed by atoms with E-state index in [0.717, 1.165) is 19.3 Å². The van der Waals surface area contributed by atoms with Crippen LogP contribution < -0.4 is 5.32 Å². The standard InChI is InChI=1S/C24H25NO4/c26-15-22-13-23(14-22,24(29-22)10-5-11-24)25-21(27)28-12-20-18-8-3-1-6-16(18)17-7-2-4-9-19(17)20/h1-4,6-9,20,26H,5,10-15H2,(H,25,27). The molecule has 5 heteroatoms. The van der Waals surface area contributed by atoms with Crippen molar-refractivity contribution in [2.45, 2.75) is 54.8 Å². The fourth-order valence-corrected chi connectivity index (χ4v) is 6.21. The summed E-state index contributed by atoms with van der Waals surface area (Å²) in [5.41, 5.74) is 3.72. The molecule has 2 aromatic carbocycles. The summed E-state index contributed by atoms with van der Waals surface area (Å²) < 4.78 is 12.0. The van der Waals surface area contributed by atoms with E-state index < -0.39 is 5.60 Å². The first kappa shape index (κ1) is 17.5. The molecule has 5 aliphatic rings. The van der Waals surface area contributed by atoms with Crippen molar-refractivity contribution < 1.29 is 19.4 Å². The maximum absolute atomic E-state index is 12.8. The van der Waals surface area contributed by atoms with Gasteiger partial charge in [0, 0.05) is 18.8 Å². The Labute approximate surface area is 170 Å². The van der Waals surface area contributed by atoms with Gasteiger partial charge >= 0.3 is 6.09 Å². The molecular formula is C24H25NO4. The van der Waals surface area contributed by atoms with E-state index in [4.69, 9.17) is 9.47 Å². The number of ether oxygens (including phenoxy) is 2. The molecule has 2 bridgehead atoms. The van der Waals surface area contributed by atoms with Crippen LogP contribution >= 0.6 is 0 Å². The molecule has 1 amide bonds. The van der Waals surface area contributed by atoms with E-state index in [2.05, 4.69) is 29.6 Å². The summed E-state index contributed by atoms with van der Waals surface area (Å²) in [4.78, 5) is 12.8. The third kappa shape index (κ3) is 2.26. The smallest absolute Gasteiger partial charge is 0.407 e. The van der Waals surface area contributed by atoms with E-state index >= 15 is 0 Å². The van der Waals surface area contributed by atoms with Gasteiger partial charge in [0.2, 0.25) is 0 Å². The van der Waals surface area contributed by atoms with Crippen LogP contribution in [0.1, 0.15) is 49.1 Å². The van der Waals surface area contributed by atoms with Crippen LogP contribution in [0.15, 0.2) is 48.5 Å². The predicted molar refractivity (Wildman–Crippen MR) is 108 cm³/mol. The topological polar surface area (TPSA) is 67.8 Å². The van der Waals surface area contributed by atoms with Crippen LogP contribution in [-0.4, -0.2) is 41.2 Å². The molecule has 2 heterocycles. The Hall–Kier alpha value is -2.37. The Kier molecular flexibility index (Phi) is 3.52. The number of nitrogens with one attached hydrogen (secondary N) is 1. The highest BCUT2D eigenvalue weighted by molar-refractivity contribution is 5.79. The number of benzene rings is 2. The van der Waals surface area contributed by atoms with Gasteiger partial charge < -0.3 is 19.9 Å². The Bertz CT molecular complexity index is 944. The van der Waals surface area contributed by atoms with Crippen LogP contribution in [-0.2, 0) is 9.47 Å². The lowest BCUT2D eigenvalue weighted by molar-refractivity contribution is -0.126. The number of aliphatic hydroxyl groups is 1. The van der Waals surface area contributed by atoms with Crippen LogP contribution in [0.25, 0.3) is 11.1 Å². The van der Waals surface area contributed by atoms with Crippen LogP contribution in [0.2, 0.25) is 0 Å². The zero-order valence-electron chi connectivity index (χ0n) is 16.3. The first-order chi connectivity index (χ1) is 14.1. The molecule has 150 valence electrons. The molecule has 0 atom stereocenters. The monoisotopic (exact) mass is 391 g/mol. The fourth-order valence-electron chi connectivity index (χ4n) is 6.21. The number of carbonyl (C=O) groups is 1. The second kappa shape index (κ2) is 5.83. The van der Waals surface area contributed by atoms with Crippen molar-refractivity contribution in [3.8, 4) is 11.1 Å². The Morgan fingerprint density at radius 3 is 2.24 bits per heavy atom. The van der Waals surface area contributed by atoms with Crippen LogP contribution in [0, 0.1) is 0 Å². The van der Waals surface area contributed by atoms with Crippen molar-refractivity contribution in [2.75, 3.05) is 13.2 Å². The first-order valence-corrected chi connectivity index (χ1v) is 10.5. The number of alkyl carbamates (subject to hydrolysis) is 1. The molecule has 29 heavy (non-hydrogen) atoms. The van der Waals surface area contributed by atoms with Gasteiger partial charge in [-0.05, 0) is 41.5 Å². The molecule has 2 aromatic rings. The number of fused-ring (bicyclic) bond motifs is 3. The average Bonchev–Trinajstić information content (AvgIpc) is 3.27. The molecule has 0 unspecified atom stereocenters. The van der Waals surface area contributed by atoms with Crippen molar-refractivity contribution in [2.24, 2.45) is 0 Å². The van der Waals surface area contributed by atoms with E-state index in [1.165, 1.54) is 22.3 Å². The van der Waals surface area contributed by atoms with Crippen molar-refractivity contribution in [1.29, 1.82) is 0 Å². The lowest BCUT2D eigenvalue weighted by Gasteiger charge is -2.51. The summed E-state index contributed by atoms with van der Waals surface area (Å²) in [6, 6.07) is 16.7. The van der Waals surface area contributed by atoms with Gasteiger partial charge in [-0.25, -0.2) is 4.79 Å².